The van der Waals surface area contributed by atoms with Gasteiger partial charge in [0.25, 0.3) is 11.6 Å². The predicted octanol–water partition coefficient (Wildman–Crippen LogP) is 3.97. The third-order valence-corrected chi connectivity index (χ3v) is 4.16. The molecule has 0 aliphatic heterocycles. The molecule has 3 aromatic rings. The second-order valence-corrected chi connectivity index (χ2v) is 6.36. The van der Waals surface area contributed by atoms with Gasteiger partial charge in [0.15, 0.2) is 6.61 Å². The first-order valence-electron chi connectivity index (χ1n) is 9.04. The van der Waals surface area contributed by atoms with E-state index in [1.807, 2.05) is 6.07 Å². The zero-order valence-corrected chi connectivity index (χ0v) is 16.0. The summed E-state index contributed by atoms with van der Waals surface area (Å²) < 4.78 is 10.2. The van der Waals surface area contributed by atoms with Gasteiger partial charge in [0.1, 0.15) is 11.4 Å². The zero-order valence-electron chi connectivity index (χ0n) is 16.0. The fraction of sp³-hybridized carbons (Fsp3) is 0.143. The van der Waals surface area contributed by atoms with E-state index in [-0.39, 0.29) is 16.9 Å². The Kier molecular flexibility index (Phi) is 6.43. The summed E-state index contributed by atoms with van der Waals surface area (Å²) in [5.41, 5.74) is 0.572. The van der Waals surface area contributed by atoms with Gasteiger partial charge < -0.3 is 19.8 Å². The molecule has 30 heavy (non-hydrogen) atoms. The molecule has 0 saturated heterocycles. The molecule has 3 rings (SSSR count). The Bertz CT molecular complexity index is 1030. The van der Waals surface area contributed by atoms with Crippen molar-refractivity contribution in [2.45, 2.75) is 13.0 Å². The minimum atomic E-state index is -0.842. The van der Waals surface area contributed by atoms with Gasteiger partial charge >= 0.3 is 5.97 Å². The van der Waals surface area contributed by atoms with Crippen molar-refractivity contribution in [1.29, 1.82) is 0 Å². The molecule has 154 valence electrons. The van der Waals surface area contributed by atoms with Crippen molar-refractivity contribution in [3.63, 3.8) is 0 Å². The minimum absolute atomic E-state index is 0.0350. The van der Waals surface area contributed by atoms with E-state index >= 15 is 0 Å². The molecular formula is C21H19N3O6. The summed E-state index contributed by atoms with van der Waals surface area (Å²) in [6.07, 6.45) is 1.49. The van der Waals surface area contributed by atoms with E-state index in [0.717, 1.165) is 6.07 Å². The Morgan fingerprint density at radius 1 is 1.13 bits per heavy atom. The fourth-order valence-electron chi connectivity index (χ4n) is 2.70. The highest BCUT2D eigenvalue weighted by molar-refractivity contribution is 5.93. The largest absolute Gasteiger partial charge is 0.467 e. The van der Waals surface area contributed by atoms with E-state index in [9.17, 15) is 19.7 Å². The summed E-state index contributed by atoms with van der Waals surface area (Å²) in [7, 11) is 0. The number of amides is 1. The highest BCUT2D eigenvalue weighted by Crippen LogP contribution is 2.29. The number of carbonyl (C=O) groups excluding carboxylic acids is 2. The molecule has 1 amide bonds. The van der Waals surface area contributed by atoms with Crippen molar-refractivity contribution in [3.05, 3.63) is 88.4 Å². The number of nitrogens with one attached hydrogen (secondary N) is 2. The van der Waals surface area contributed by atoms with Gasteiger partial charge in [0.05, 0.1) is 22.8 Å². The van der Waals surface area contributed by atoms with Crippen LogP contribution in [0.5, 0.6) is 0 Å². The molecule has 2 N–H and O–H groups in total. The molecule has 1 atom stereocenters. The lowest BCUT2D eigenvalue weighted by Gasteiger charge is -2.12. The van der Waals surface area contributed by atoms with Crippen LogP contribution in [0.2, 0.25) is 0 Å². The maximum Gasteiger partial charge on any atom is 0.338 e. The normalized spacial score (nSPS) is 11.4. The zero-order chi connectivity index (χ0) is 21.5. The molecule has 0 saturated carbocycles. The van der Waals surface area contributed by atoms with Gasteiger partial charge in [-0.2, -0.15) is 0 Å². The molecule has 0 aliphatic carbocycles. The summed E-state index contributed by atoms with van der Waals surface area (Å²) in [4.78, 5) is 35.0. The average Bonchev–Trinajstić information content (AvgIpc) is 3.28. The minimum Gasteiger partial charge on any atom is -0.467 e. The first-order valence-corrected chi connectivity index (χ1v) is 9.04. The maximum atomic E-state index is 12.2. The topological polar surface area (TPSA) is 124 Å². The van der Waals surface area contributed by atoms with Crippen LogP contribution in [0.4, 0.5) is 17.1 Å². The number of nitrogens with zero attached hydrogens (tertiary/aromatic N) is 1. The lowest BCUT2D eigenvalue weighted by Crippen LogP contribution is -2.31. The number of para-hydroxylation sites is 1. The summed E-state index contributed by atoms with van der Waals surface area (Å²) in [6, 6.07) is 15.8. The van der Waals surface area contributed by atoms with Crippen LogP contribution >= 0.6 is 0 Å². The van der Waals surface area contributed by atoms with Crippen molar-refractivity contribution in [3.8, 4) is 0 Å². The van der Waals surface area contributed by atoms with Crippen molar-refractivity contribution < 1.29 is 23.7 Å². The number of anilines is 2. The second-order valence-electron chi connectivity index (χ2n) is 6.36. The monoisotopic (exact) mass is 409 g/mol. The number of ether oxygens (including phenoxy) is 1. The van der Waals surface area contributed by atoms with Crippen molar-refractivity contribution in [1.82, 2.24) is 5.32 Å². The van der Waals surface area contributed by atoms with Crippen LogP contribution in [0.25, 0.3) is 0 Å². The van der Waals surface area contributed by atoms with Gasteiger partial charge in [0.2, 0.25) is 0 Å². The van der Waals surface area contributed by atoms with Crippen LogP contribution in [-0.2, 0) is 9.53 Å². The predicted molar refractivity (Wildman–Crippen MR) is 108 cm³/mol. The molecule has 9 heteroatoms. The first-order chi connectivity index (χ1) is 14.4. The smallest absolute Gasteiger partial charge is 0.338 e. The first kappa shape index (κ1) is 20.6. The van der Waals surface area contributed by atoms with E-state index in [1.54, 1.807) is 43.3 Å². The van der Waals surface area contributed by atoms with Crippen LogP contribution < -0.4 is 10.6 Å². The number of nitro groups is 1. The van der Waals surface area contributed by atoms with Crippen LogP contribution in [0.3, 0.4) is 0 Å². The van der Waals surface area contributed by atoms with Gasteiger partial charge in [0, 0.05) is 11.8 Å². The molecule has 0 unspecified atom stereocenters. The summed E-state index contributed by atoms with van der Waals surface area (Å²) in [6.45, 7) is 1.20. The fourth-order valence-corrected chi connectivity index (χ4v) is 2.70. The Labute approximate surface area is 171 Å². The molecule has 0 spiro atoms. The molecule has 0 fully saturated rings. The third-order valence-electron chi connectivity index (χ3n) is 4.16. The lowest BCUT2D eigenvalue weighted by atomic mass is 10.1. The quantitative estimate of drug-likeness (QED) is 0.328. The Balaban J connectivity index is 1.63. The number of benzene rings is 2. The molecule has 0 bridgehead atoms. The molecule has 1 aromatic heterocycles. The summed E-state index contributed by atoms with van der Waals surface area (Å²) in [5.74, 6) is -0.805. The molecule has 0 aliphatic rings. The molecular weight excluding hydrogens is 390 g/mol. The van der Waals surface area contributed by atoms with Crippen LogP contribution in [0.1, 0.15) is 29.1 Å². The molecule has 0 radical (unpaired) electrons. The Hall–Kier alpha value is -4.14. The van der Waals surface area contributed by atoms with E-state index in [2.05, 4.69) is 10.6 Å². The van der Waals surface area contributed by atoms with E-state index in [1.165, 1.54) is 18.4 Å². The van der Waals surface area contributed by atoms with Crippen LogP contribution in [0, 0.1) is 10.1 Å². The molecule has 9 nitrogen and oxygen atoms in total. The number of furan rings is 1. The molecule has 1 heterocycles. The summed E-state index contributed by atoms with van der Waals surface area (Å²) >= 11 is 0. The van der Waals surface area contributed by atoms with Gasteiger partial charge in [-0.05, 0) is 43.3 Å². The average molecular weight is 409 g/mol. The number of esters is 1. The van der Waals surface area contributed by atoms with Crippen molar-refractivity contribution >= 4 is 28.9 Å². The second kappa shape index (κ2) is 9.37. The van der Waals surface area contributed by atoms with E-state index < -0.39 is 29.4 Å². The Morgan fingerprint density at radius 3 is 2.57 bits per heavy atom. The maximum absolute atomic E-state index is 12.2. The lowest BCUT2D eigenvalue weighted by molar-refractivity contribution is -0.383. The standard InChI is InChI=1S/C21H19N3O6/c1-14(19-8-5-11-29-19)22-20(25)13-30-21(26)15-9-10-17(18(12-15)24(27)28)23-16-6-3-2-4-7-16/h2-12,14,23H,13H2,1H3,(H,22,25)/t14-/m1/s1. The van der Waals surface area contributed by atoms with Crippen molar-refractivity contribution in [2.24, 2.45) is 0 Å². The van der Waals surface area contributed by atoms with Gasteiger partial charge in [-0.1, -0.05) is 18.2 Å². The van der Waals surface area contributed by atoms with Gasteiger partial charge in [-0.25, -0.2) is 4.79 Å². The number of rotatable bonds is 8. The number of hydrogen-bond donors (Lipinski definition) is 2. The van der Waals surface area contributed by atoms with Crippen LogP contribution in [-0.4, -0.2) is 23.4 Å². The highest BCUT2D eigenvalue weighted by Gasteiger charge is 2.20. The Morgan fingerprint density at radius 2 is 1.90 bits per heavy atom. The van der Waals surface area contributed by atoms with E-state index in [4.69, 9.17) is 9.15 Å². The number of nitro benzene ring substituents is 1. The number of carbonyl (C=O) groups is 2. The van der Waals surface area contributed by atoms with Crippen LogP contribution in [0.15, 0.2) is 71.3 Å². The SMILES string of the molecule is C[C@@H](NC(=O)COC(=O)c1ccc(Nc2ccccc2)c([N+](=O)[O-])c1)c1ccco1. The van der Waals surface area contributed by atoms with Gasteiger partial charge in [-0.3, -0.25) is 14.9 Å². The number of hydrogen-bond acceptors (Lipinski definition) is 7. The summed E-state index contributed by atoms with van der Waals surface area (Å²) in [5, 5.41) is 17.0. The third kappa shape index (κ3) is 5.22. The highest BCUT2D eigenvalue weighted by atomic mass is 16.6. The molecule has 2 aromatic carbocycles. The van der Waals surface area contributed by atoms with E-state index in [0.29, 0.717) is 11.4 Å². The van der Waals surface area contributed by atoms with Crippen molar-refractivity contribution in [2.75, 3.05) is 11.9 Å². The van der Waals surface area contributed by atoms with Gasteiger partial charge in [-0.15, -0.1) is 0 Å².